The smallest absolute Gasteiger partial charge is 0.261 e. The lowest BCUT2D eigenvalue weighted by atomic mass is 10.1. The van der Waals surface area contributed by atoms with Crippen molar-refractivity contribution in [2.75, 3.05) is 7.11 Å². The van der Waals surface area contributed by atoms with Gasteiger partial charge in [-0.1, -0.05) is 17.7 Å². The van der Waals surface area contributed by atoms with Gasteiger partial charge in [-0.05, 0) is 24.6 Å². The molecule has 0 aliphatic rings. The summed E-state index contributed by atoms with van der Waals surface area (Å²) in [7, 11) is 3.00. The lowest BCUT2D eigenvalue weighted by Gasteiger charge is -2.11. The molecule has 0 heterocycles. The molecule has 1 atom stereocenters. The molecule has 15 heavy (non-hydrogen) atoms. The SMILES string of the molecule is CO[C@@H](C)c1ccc(S(=O)(=O)Cl)cc1Cl. The van der Waals surface area contributed by atoms with Crippen LogP contribution in [0.15, 0.2) is 23.1 Å². The van der Waals surface area contributed by atoms with Crippen LogP contribution in [0.1, 0.15) is 18.6 Å². The summed E-state index contributed by atoms with van der Waals surface area (Å²) in [4.78, 5) is -0.0128. The van der Waals surface area contributed by atoms with Crippen molar-refractivity contribution in [3.63, 3.8) is 0 Å². The lowest BCUT2D eigenvalue weighted by Crippen LogP contribution is -1.98. The van der Waals surface area contributed by atoms with E-state index in [4.69, 9.17) is 27.0 Å². The van der Waals surface area contributed by atoms with Crippen molar-refractivity contribution in [2.24, 2.45) is 0 Å². The summed E-state index contributed by atoms with van der Waals surface area (Å²) in [5.74, 6) is 0. The van der Waals surface area contributed by atoms with E-state index in [-0.39, 0.29) is 11.0 Å². The van der Waals surface area contributed by atoms with Crippen molar-refractivity contribution in [1.82, 2.24) is 0 Å². The molecular formula is C9H10Cl2O3S. The van der Waals surface area contributed by atoms with Crippen LogP contribution in [-0.4, -0.2) is 15.5 Å². The van der Waals surface area contributed by atoms with Gasteiger partial charge in [0.2, 0.25) is 0 Å². The number of hydrogen-bond acceptors (Lipinski definition) is 3. The molecule has 1 aromatic rings. The van der Waals surface area contributed by atoms with Crippen LogP contribution in [0, 0.1) is 0 Å². The standard InChI is InChI=1S/C9H10Cl2O3S/c1-6(14-2)8-4-3-7(5-9(8)10)15(11,12)13/h3-6H,1-2H3/t6-/m0/s1. The Balaban J connectivity index is 3.20. The first-order chi connectivity index (χ1) is 6.86. The van der Waals surface area contributed by atoms with Crippen molar-refractivity contribution < 1.29 is 13.2 Å². The summed E-state index contributed by atoms with van der Waals surface area (Å²) in [6.45, 7) is 1.82. The van der Waals surface area contributed by atoms with E-state index in [0.29, 0.717) is 5.02 Å². The van der Waals surface area contributed by atoms with Crippen LogP contribution in [0.25, 0.3) is 0 Å². The summed E-state index contributed by atoms with van der Waals surface area (Å²) in [6.07, 6.45) is -0.190. The quantitative estimate of drug-likeness (QED) is 0.792. The number of halogens is 2. The fourth-order valence-electron chi connectivity index (χ4n) is 1.12. The van der Waals surface area contributed by atoms with Crippen molar-refractivity contribution in [3.8, 4) is 0 Å². The predicted octanol–water partition coefficient (Wildman–Crippen LogP) is 2.97. The Hall–Kier alpha value is -0.290. The molecule has 0 bridgehead atoms. The molecule has 6 heteroatoms. The molecule has 0 aromatic heterocycles. The van der Waals surface area contributed by atoms with Gasteiger partial charge >= 0.3 is 0 Å². The average Bonchev–Trinajstić information content (AvgIpc) is 2.15. The molecule has 0 aliphatic carbocycles. The second kappa shape index (κ2) is 4.70. The third-order valence-corrected chi connectivity index (χ3v) is 3.72. The van der Waals surface area contributed by atoms with E-state index in [1.165, 1.54) is 12.1 Å². The molecule has 0 radical (unpaired) electrons. The van der Waals surface area contributed by atoms with E-state index >= 15 is 0 Å². The molecule has 1 aromatic carbocycles. The van der Waals surface area contributed by atoms with Gasteiger partial charge in [-0.2, -0.15) is 0 Å². The van der Waals surface area contributed by atoms with Crippen LogP contribution >= 0.6 is 22.3 Å². The Morgan fingerprint density at radius 1 is 1.40 bits per heavy atom. The molecule has 0 saturated heterocycles. The van der Waals surface area contributed by atoms with Crippen LogP contribution in [0.2, 0.25) is 5.02 Å². The third-order valence-electron chi connectivity index (χ3n) is 2.04. The highest BCUT2D eigenvalue weighted by Gasteiger charge is 2.14. The summed E-state index contributed by atoms with van der Waals surface area (Å²) >= 11 is 5.91. The zero-order chi connectivity index (χ0) is 11.6. The second-order valence-electron chi connectivity index (χ2n) is 3.00. The minimum Gasteiger partial charge on any atom is -0.377 e. The van der Waals surface area contributed by atoms with Gasteiger partial charge in [0.15, 0.2) is 0 Å². The highest BCUT2D eigenvalue weighted by atomic mass is 35.7. The Bertz CT molecular complexity index is 456. The van der Waals surface area contributed by atoms with Crippen LogP contribution in [-0.2, 0) is 13.8 Å². The summed E-state index contributed by atoms with van der Waals surface area (Å²) in [6, 6.07) is 4.31. The first kappa shape index (κ1) is 12.8. The maximum Gasteiger partial charge on any atom is 0.261 e. The van der Waals surface area contributed by atoms with Crippen LogP contribution in [0.5, 0.6) is 0 Å². The largest absolute Gasteiger partial charge is 0.377 e. The van der Waals surface area contributed by atoms with Crippen LogP contribution < -0.4 is 0 Å². The van der Waals surface area contributed by atoms with Gasteiger partial charge in [0.25, 0.3) is 9.05 Å². The van der Waals surface area contributed by atoms with E-state index in [9.17, 15) is 8.42 Å². The van der Waals surface area contributed by atoms with E-state index in [1.54, 1.807) is 13.2 Å². The summed E-state index contributed by atoms with van der Waals surface area (Å²) in [5.41, 5.74) is 0.725. The molecule has 0 saturated carbocycles. The maximum absolute atomic E-state index is 11.0. The normalized spacial score (nSPS) is 13.9. The van der Waals surface area contributed by atoms with E-state index in [0.717, 1.165) is 5.56 Å². The van der Waals surface area contributed by atoms with E-state index in [2.05, 4.69) is 0 Å². The van der Waals surface area contributed by atoms with Crippen molar-refractivity contribution >= 4 is 31.3 Å². The predicted molar refractivity (Wildman–Crippen MR) is 59.9 cm³/mol. The Kier molecular flexibility index (Phi) is 4.00. The second-order valence-corrected chi connectivity index (χ2v) is 5.97. The third kappa shape index (κ3) is 3.08. The van der Waals surface area contributed by atoms with Gasteiger partial charge in [-0.15, -0.1) is 0 Å². The Morgan fingerprint density at radius 2 is 2.00 bits per heavy atom. The van der Waals surface area contributed by atoms with E-state index < -0.39 is 9.05 Å². The van der Waals surface area contributed by atoms with E-state index in [1.807, 2.05) is 6.92 Å². The molecule has 84 valence electrons. The van der Waals surface area contributed by atoms with Gasteiger partial charge in [0.1, 0.15) is 0 Å². The first-order valence-corrected chi connectivity index (χ1v) is 6.82. The molecule has 0 aliphatic heterocycles. The minimum atomic E-state index is -3.73. The number of ether oxygens (including phenoxy) is 1. The number of rotatable bonds is 3. The zero-order valence-corrected chi connectivity index (χ0v) is 10.5. The van der Waals surface area contributed by atoms with Gasteiger partial charge < -0.3 is 4.74 Å². The fourth-order valence-corrected chi connectivity index (χ4v) is 2.29. The molecule has 1 rings (SSSR count). The first-order valence-electron chi connectivity index (χ1n) is 4.13. The van der Waals surface area contributed by atoms with Crippen molar-refractivity contribution in [3.05, 3.63) is 28.8 Å². The van der Waals surface area contributed by atoms with Crippen molar-refractivity contribution in [2.45, 2.75) is 17.9 Å². The molecule has 0 spiro atoms. The Labute approximate surface area is 98.4 Å². The van der Waals surface area contributed by atoms with Crippen molar-refractivity contribution in [1.29, 1.82) is 0 Å². The van der Waals surface area contributed by atoms with Crippen LogP contribution in [0.3, 0.4) is 0 Å². The number of benzene rings is 1. The molecule has 0 N–H and O–H groups in total. The maximum atomic E-state index is 11.0. The lowest BCUT2D eigenvalue weighted by molar-refractivity contribution is 0.119. The summed E-state index contributed by atoms with van der Waals surface area (Å²) in [5, 5.41) is 0.325. The topological polar surface area (TPSA) is 43.4 Å². The molecule has 0 unspecified atom stereocenters. The number of methoxy groups -OCH3 is 1. The highest BCUT2D eigenvalue weighted by Crippen LogP contribution is 2.28. The van der Waals surface area contributed by atoms with Gasteiger partial charge in [0, 0.05) is 22.8 Å². The monoisotopic (exact) mass is 268 g/mol. The van der Waals surface area contributed by atoms with Gasteiger partial charge in [0.05, 0.1) is 11.0 Å². The van der Waals surface area contributed by atoms with Crippen LogP contribution in [0.4, 0.5) is 0 Å². The van der Waals surface area contributed by atoms with Gasteiger partial charge in [-0.25, -0.2) is 8.42 Å². The Morgan fingerprint density at radius 3 is 2.40 bits per heavy atom. The molecular weight excluding hydrogens is 259 g/mol. The summed E-state index contributed by atoms with van der Waals surface area (Å²) < 4.78 is 27.1. The molecule has 0 amide bonds. The van der Waals surface area contributed by atoms with Gasteiger partial charge in [-0.3, -0.25) is 0 Å². The highest BCUT2D eigenvalue weighted by molar-refractivity contribution is 8.13. The zero-order valence-electron chi connectivity index (χ0n) is 8.20. The average molecular weight is 269 g/mol. The minimum absolute atomic E-state index is 0.0128. The molecule has 0 fully saturated rings. The number of hydrogen-bond donors (Lipinski definition) is 0. The molecule has 3 nitrogen and oxygen atoms in total. The fraction of sp³-hybridized carbons (Fsp3) is 0.333.